The van der Waals surface area contributed by atoms with Gasteiger partial charge in [0.1, 0.15) is 0 Å². The summed E-state index contributed by atoms with van der Waals surface area (Å²) in [7, 11) is 0. The van der Waals surface area contributed by atoms with Crippen molar-refractivity contribution < 1.29 is 35.9 Å². The Kier molecular flexibility index (Phi) is 8.91. The highest BCUT2D eigenvalue weighted by Gasteiger charge is 2.42. The van der Waals surface area contributed by atoms with Crippen LogP contribution in [-0.4, -0.2) is 95.4 Å². The normalized spacial score (nSPS) is 25.5. The zero-order chi connectivity index (χ0) is 31.9. The molecule has 0 N–H and O–H groups in total. The number of halogens is 6. The number of rotatable bonds is 6. The molecule has 0 radical (unpaired) electrons. The zero-order valence-electron chi connectivity index (χ0n) is 25.0. The van der Waals surface area contributed by atoms with E-state index in [0.717, 1.165) is 64.1 Å². The predicted molar refractivity (Wildman–Crippen MR) is 155 cm³/mol. The Balaban J connectivity index is 1.15. The first-order valence-corrected chi connectivity index (χ1v) is 15.8. The van der Waals surface area contributed by atoms with Gasteiger partial charge in [-0.25, -0.2) is 0 Å². The molecule has 1 saturated carbocycles. The number of carbonyl (C=O) groups excluding carboxylic acids is 2. The van der Waals surface area contributed by atoms with Crippen molar-refractivity contribution in [3.63, 3.8) is 0 Å². The van der Waals surface area contributed by atoms with Gasteiger partial charge < -0.3 is 9.80 Å². The van der Waals surface area contributed by atoms with Crippen LogP contribution in [0.1, 0.15) is 59.2 Å². The summed E-state index contributed by atoms with van der Waals surface area (Å²) in [6, 6.07) is 10.6. The first kappa shape index (κ1) is 31.8. The smallest absolute Gasteiger partial charge is 0.341 e. The van der Waals surface area contributed by atoms with E-state index in [9.17, 15) is 35.9 Å². The topological polar surface area (TPSA) is 47.1 Å². The van der Waals surface area contributed by atoms with Gasteiger partial charge in [-0.3, -0.25) is 19.4 Å². The van der Waals surface area contributed by atoms with E-state index in [2.05, 4.69) is 9.80 Å². The Bertz CT molecular complexity index is 1340. The van der Waals surface area contributed by atoms with E-state index in [1.807, 2.05) is 35.2 Å². The van der Waals surface area contributed by atoms with Crippen molar-refractivity contribution in [2.75, 3.05) is 45.8 Å². The lowest BCUT2D eigenvalue weighted by Crippen LogP contribution is -2.58. The Labute approximate surface area is 258 Å². The molecule has 6 rings (SSSR count). The van der Waals surface area contributed by atoms with Gasteiger partial charge in [-0.15, -0.1) is 0 Å². The first-order chi connectivity index (χ1) is 21.4. The number of hydrogen-bond donors (Lipinski definition) is 0. The standard InChI is InChI=1S/C33H38F6N4O2/c34-32(35,36)25-17-24(18-26(19-25)33(37,38)39)31(45)43-11-9-27(20-29(43)16-22-4-2-1-3-5-22)40-12-14-41(15-13-40)28-8-10-42(21-28)30(44)23-6-7-23/h1-5,17-19,23,27-29H,6-16,20-21H2. The third-order valence-corrected chi connectivity index (χ3v) is 9.88. The van der Waals surface area contributed by atoms with E-state index in [0.29, 0.717) is 43.3 Å². The molecule has 2 amide bonds. The van der Waals surface area contributed by atoms with Crippen molar-refractivity contribution in [1.29, 1.82) is 0 Å². The fourth-order valence-corrected chi connectivity index (χ4v) is 7.25. The van der Waals surface area contributed by atoms with Crippen molar-refractivity contribution in [3.05, 3.63) is 70.8 Å². The van der Waals surface area contributed by atoms with Crippen LogP contribution in [0.15, 0.2) is 48.5 Å². The SMILES string of the molecule is O=C(C1CC1)N1CCC(N2CCN(C3CCN(C(=O)c4cc(C(F)(F)F)cc(C(F)(F)F)c4)C(Cc4ccccc4)C3)CC2)C1. The van der Waals surface area contributed by atoms with Gasteiger partial charge in [-0.05, 0) is 62.3 Å². The quantitative estimate of drug-likeness (QED) is 0.390. The van der Waals surface area contributed by atoms with Crippen LogP contribution in [0.2, 0.25) is 0 Å². The summed E-state index contributed by atoms with van der Waals surface area (Å²) in [4.78, 5) is 34.6. The van der Waals surface area contributed by atoms with Crippen LogP contribution in [0.4, 0.5) is 26.3 Å². The van der Waals surface area contributed by atoms with E-state index < -0.39 is 41.0 Å². The van der Waals surface area contributed by atoms with Crippen LogP contribution in [0.5, 0.6) is 0 Å². The van der Waals surface area contributed by atoms with Gasteiger partial charge in [-0.2, -0.15) is 26.3 Å². The summed E-state index contributed by atoms with van der Waals surface area (Å²) in [5.74, 6) is -0.300. The molecule has 45 heavy (non-hydrogen) atoms. The number of amides is 2. The van der Waals surface area contributed by atoms with E-state index in [-0.39, 0.29) is 24.6 Å². The van der Waals surface area contributed by atoms with Gasteiger partial charge in [0.25, 0.3) is 5.91 Å². The van der Waals surface area contributed by atoms with E-state index in [4.69, 9.17) is 0 Å². The molecule has 3 atom stereocenters. The number of benzene rings is 2. The second-order valence-electron chi connectivity index (χ2n) is 12.9. The molecule has 0 aromatic heterocycles. The second kappa shape index (κ2) is 12.6. The van der Waals surface area contributed by atoms with E-state index >= 15 is 0 Å². The molecule has 2 aromatic rings. The van der Waals surface area contributed by atoms with Gasteiger partial charge in [0.15, 0.2) is 0 Å². The van der Waals surface area contributed by atoms with Crippen LogP contribution in [0.25, 0.3) is 0 Å². The van der Waals surface area contributed by atoms with Gasteiger partial charge in [0.2, 0.25) is 5.91 Å². The highest BCUT2D eigenvalue weighted by Crippen LogP contribution is 2.38. The minimum atomic E-state index is -5.03. The molecule has 3 unspecified atom stereocenters. The number of piperazine rings is 1. The van der Waals surface area contributed by atoms with Crippen molar-refractivity contribution >= 4 is 11.8 Å². The molecule has 3 saturated heterocycles. The molecular formula is C33H38F6N4O2. The highest BCUT2D eigenvalue weighted by atomic mass is 19.4. The maximum atomic E-state index is 13.7. The number of piperidine rings is 1. The van der Waals surface area contributed by atoms with Gasteiger partial charge in [0, 0.05) is 75.4 Å². The third-order valence-electron chi connectivity index (χ3n) is 9.88. The largest absolute Gasteiger partial charge is 0.416 e. The highest BCUT2D eigenvalue weighted by molar-refractivity contribution is 5.95. The number of hydrogen-bond acceptors (Lipinski definition) is 4. The number of likely N-dealkylation sites (tertiary alicyclic amines) is 2. The third kappa shape index (κ3) is 7.32. The molecular weight excluding hydrogens is 598 g/mol. The van der Waals surface area contributed by atoms with Crippen molar-refractivity contribution in [2.24, 2.45) is 5.92 Å². The molecule has 4 fully saturated rings. The van der Waals surface area contributed by atoms with Crippen LogP contribution in [-0.2, 0) is 23.6 Å². The van der Waals surface area contributed by atoms with Crippen LogP contribution < -0.4 is 0 Å². The fourth-order valence-electron chi connectivity index (χ4n) is 7.25. The van der Waals surface area contributed by atoms with Crippen molar-refractivity contribution in [1.82, 2.24) is 19.6 Å². The number of carbonyl (C=O) groups is 2. The van der Waals surface area contributed by atoms with Gasteiger partial charge >= 0.3 is 12.4 Å². The maximum absolute atomic E-state index is 13.7. The van der Waals surface area contributed by atoms with Gasteiger partial charge in [0.05, 0.1) is 11.1 Å². The molecule has 2 aromatic carbocycles. The van der Waals surface area contributed by atoms with Gasteiger partial charge in [-0.1, -0.05) is 30.3 Å². The summed E-state index contributed by atoms with van der Waals surface area (Å²) in [5.41, 5.74) is -2.64. The molecule has 6 nitrogen and oxygen atoms in total. The average Bonchev–Trinajstić information content (AvgIpc) is 3.76. The average molecular weight is 637 g/mol. The summed E-state index contributed by atoms with van der Waals surface area (Å²) >= 11 is 0. The molecule has 3 aliphatic heterocycles. The molecule has 0 spiro atoms. The summed E-state index contributed by atoms with van der Waals surface area (Å²) in [6.07, 6.45) is -5.48. The lowest BCUT2D eigenvalue weighted by atomic mass is 9.90. The zero-order valence-corrected chi connectivity index (χ0v) is 25.0. The predicted octanol–water partition coefficient (Wildman–Crippen LogP) is 5.57. The number of nitrogens with zero attached hydrogens (tertiary/aromatic N) is 4. The fraction of sp³-hybridized carbons (Fsp3) is 0.576. The second-order valence-corrected chi connectivity index (χ2v) is 12.9. The molecule has 12 heteroatoms. The summed E-state index contributed by atoms with van der Waals surface area (Å²) in [6.45, 7) is 5.20. The van der Waals surface area contributed by atoms with E-state index in [1.54, 1.807) is 0 Å². The first-order valence-electron chi connectivity index (χ1n) is 15.8. The molecule has 244 valence electrons. The maximum Gasteiger partial charge on any atom is 0.416 e. The van der Waals surface area contributed by atoms with Crippen LogP contribution >= 0.6 is 0 Å². The molecule has 3 heterocycles. The summed E-state index contributed by atoms with van der Waals surface area (Å²) < 4.78 is 81.4. The minimum Gasteiger partial charge on any atom is -0.341 e. The monoisotopic (exact) mass is 636 g/mol. The molecule has 1 aliphatic carbocycles. The Morgan fingerprint density at radius 2 is 1.29 bits per heavy atom. The Morgan fingerprint density at radius 3 is 1.87 bits per heavy atom. The lowest BCUT2D eigenvalue weighted by Gasteiger charge is -2.47. The van der Waals surface area contributed by atoms with Crippen LogP contribution in [0.3, 0.4) is 0 Å². The minimum absolute atomic E-state index is 0.0538. The Hall–Kier alpha value is -3.12. The number of alkyl halides is 6. The Morgan fingerprint density at radius 1 is 0.711 bits per heavy atom. The molecule has 4 aliphatic rings. The van der Waals surface area contributed by atoms with Crippen molar-refractivity contribution in [3.8, 4) is 0 Å². The lowest BCUT2D eigenvalue weighted by molar-refractivity contribution is -0.143. The molecule has 0 bridgehead atoms. The summed E-state index contributed by atoms with van der Waals surface area (Å²) in [5, 5.41) is 0. The van der Waals surface area contributed by atoms with E-state index in [1.165, 1.54) is 4.90 Å². The van der Waals surface area contributed by atoms with Crippen molar-refractivity contribution in [2.45, 2.75) is 69.0 Å². The van der Waals surface area contributed by atoms with Crippen LogP contribution in [0, 0.1) is 5.92 Å².